The summed E-state index contributed by atoms with van der Waals surface area (Å²) in [7, 11) is 0. The van der Waals surface area contributed by atoms with E-state index in [0.717, 1.165) is 19.3 Å². The molecular weight excluding hydrogens is 429 g/mol. The van der Waals surface area contributed by atoms with Gasteiger partial charge in [0, 0.05) is 23.6 Å². The quantitative estimate of drug-likeness (QED) is 0.442. The Bertz CT molecular complexity index is 590. The molecule has 2 aliphatic carbocycles. The van der Waals surface area contributed by atoms with Crippen LogP contribution in [0.2, 0.25) is 0 Å². The first-order valence-electron chi connectivity index (χ1n) is 9.91. The smallest absolute Gasteiger partial charge is 0.341 e. The zero-order valence-corrected chi connectivity index (χ0v) is 17.6. The summed E-state index contributed by atoms with van der Waals surface area (Å²) in [5, 5.41) is 0.318. The first kappa shape index (κ1) is 20.4. The van der Waals surface area contributed by atoms with Crippen molar-refractivity contribution in [1.29, 1.82) is 0 Å². The van der Waals surface area contributed by atoms with E-state index in [4.69, 9.17) is 19.2 Å². The number of alkyl halides is 4. The first-order chi connectivity index (χ1) is 12.6. The van der Waals surface area contributed by atoms with Gasteiger partial charge in [-0.25, -0.2) is 9.78 Å². The molecule has 3 saturated heterocycles. The van der Waals surface area contributed by atoms with E-state index in [1.165, 1.54) is 0 Å². The Labute approximate surface area is 166 Å². The minimum absolute atomic E-state index is 0.0647. The molecule has 5 aliphatic rings. The van der Waals surface area contributed by atoms with Crippen molar-refractivity contribution in [3.8, 4) is 0 Å². The lowest BCUT2D eigenvalue weighted by molar-refractivity contribution is -0.528. The van der Waals surface area contributed by atoms with Crippen LogP contribution in [0.3, 0.4) is 0 Å². The highest BCUT2D eigenvalue weighted by molar-refractivity contribution is 9.09. The van der Waals surface area contributed by atoms with Gasteiger partial charge in [0.1, 0.15) is 11.2 Å². The highest BCUT2D eigenvalue weighted by atomic mass is 79.9. The molecule has 5 fully saturated rings. The molecule has 0 aromatic rings. The van der Waals surface area contributed by atoms with Crippen LogP contribution < -0.4 is 0 Å². The molecule has 0 aromatic carbocycles. The monoisotopic (exact) mass is 456 g/mol. The van der Waals surface area contributed by atoms with Gasteiger partial charge >= 0.3 is 6.18 Å². The van der Waals surface area contributed by atoms with Gasteiger partial charge in [-0.1, -0.05) is 29.8 Å². The van der Waals surface area contributed by atoms with Crippen LogP contribution >= 0.6 is 15.9 Å². The van der Waals surface area contributed by atoms with Crippen molar-refractivity contribution >= 4 is 15.9 Å². The predicted octanol–water partition coefficient (Wildman–Crippen LogP) is 5.00. The van der Waals surface area contributed by atoms with Crippen LogP contribution in [0.25, 0.3) is 0 Å². The molecule has 3 aliphatic heterocycles. The summed E-state index contributed by atoms with van der Waals surface area (Å²) in [6, 6.07) is 0. The van der Waals surface area contributed by atoms with Crippen molar-refractivity contribution < 1.29 is 32.4 Å². The lowest BCUT2D eigenvalue weighted by Gasteiger charge is -2.63. The molecule has 0 aromatic heterocycles. The molecule has 8 atom stereocenters. The standard InChI is InChI=1S/C19H28BrF3O4/c1-11-4-5-14-12(2)18(19(21,22)23,24-9-8-20)25-15-10-16(3)7-6-13(11)17(14,15)27-26-16/h11-15H,4-10H2,1-3H3/t11-,12-,13+,14+,15-,16-,17-,18-/m1/s1. The molecule has 3 heterocycles. The zero-order chi connectivity index (χ0) is 19.7. The van der Waals surface area contributed by atoms with Crippen molar-refractivity contribution in [2.45, 2.75) is 82.1 Å². The van der Waals surface area contributed by atoms with E-state index in [1.54, 1.807) is 6.92 Å². The van der Waals surface area contributed by atoms with Gasteiger partial charge in [-0.05, 0) is 44.4 Å². The molecule has 2 saturated carbocycles. The summed E-state index contributed by atoms with van der Waals surface area (Å²) in [6.07, 6.45) is -1.70. The number of rotatable bonds is 3. The predicted molar refractivity (Wildman–Crippen MR) is 95.1 cm³/mol. The topological polar surface area (TPSA) is 36.9 Å². The molecule has 8 heteroatoms. The lowest BCUT2D eigenvalue weighted by Crippen LogP contribution is -2.75. The molecule has 1 spiro atoms. The average Bonchev–Trinajstić information content (AvgIpc) is 2.82. The van der Waals surface area contributed by atoms with Gasteiger partial charge in [-0.15, -0.1) is 0 Å². The fourth-order valence-electron chi connectivity index (χ4n) is 6.24. The van der Waals surface area contributed by atoms with Crippen LogP contribution in [0.1, 0.15) is 52.9 Å². The van der Waals surface area contributed by atoms with Crippen LogP contribution in [-0.4, -0.2) is 41.2 Å². The van der Waals surface area contributed by atoms with Gasteiger partial charge in [-0.3, -0.25) is 0 Å². The molecule has 0 N–H and O–H groups in total. The van der Waals surface area contributed by atoms with Gasteiger partial charge in [0.25, 0.3) is 5.79 Å². The van der Waals surface area contributed by atoms with Crippen LogP contribution in [0.4, 0.5) is 13.2 Å². The Kier molecular flexibility index (Phi) is 4.95. The summed E-state index contributed by atoms with van der Waals surface area (Å²) >= 11 is 3.18. The third-order valence-electron chi connectivity index (χ3n) is 7.58. The van der Waals surface area contributed by atoms with E-state index >= 15 is 0 Å². The fraction of sp³-hybridized carbons (Fsp3) is 1.00. The molecule has 4 nitrogen and oxygen atoms in total. The van der Waals surface area contributed by atoms with E-state index in [-0.39, 0.29) is 18.4 Å². The van der Waals surface area contributed by atoms with Gasteiger partial charge in [0.05, 0.1) is 12.7 Å². The number of fused-ring (bicyclic) bond motifs is 2. The average molecular weight is 457 g/mol. The van der Waals surface area contributed by atoms with Crippen LogP contribution in [0, 0.1) is 23.7 Å². The molecule has 2 bridgehead atoms. The highest BCUT2D eigenvalue weighted by Crippen LogP contribution is 2.65. The Morgan fingerprint density at radius 1 is 1.11 bits per heavy atom. The Morgan fingerprint density at radius 2 is 1.85 bits per heavy atom. The van der Waals surface area contributed by atoms with Crippen LogP contribution in [0.5, 0.6) is 0 Å². The van der Waals surface area contributed by atoms with E-state index in [2.05, 4.69) is 22.9 Å². The van der Waals surface area contributed by atoms with E-state index in [1.807, 2.05) is 6.92 Å². The molecule has 27 heavy (non-hydrogen) atoms. The van der Waals surface area contributed by atoms with Crippen molar-refractivity contribution in [2.75, 3.05) is 11.9 Å². The van der Waals surface area contributed by atoms with Crippen molar-refractivity contribution in [1.82, 2.24) is 0 Å². The Hall–Kier alpha value is 0.110. The molecular formula is C19H28BrF3O4. The zero-order valence-electron chi connectivity index (χ0n) is 16.0. The highest BCUT2D eigenvalue weighted by Gasteiger charge is 2.76. The lowest BCUT2D eigenvalue weighted by atomic mass is 9.55. The molecule has 156 valence electrons. The van der Waals surface area contributed by atoms with Gasteiger partial charge in [0.15, 0.2) is 0 Å². The van der Waals surface area contributed by atoms with Crippen molar-refractivity contribution in [2.24, 2.45) is 23.7 Å². The largest absolute Gasteiger partial charge is 0.443 e. The summed E-state index contributed by atoms with van der Waals surface area (Å²) < 4.78 is 54.4. The molecule has 0 amide bonds. The Morgan fingerprint density at radius 3 is 2.52 bits per heavy atom. The summed E-state index contributed by atoms with van der Waals surface area (Å²) in [5.41, 5.74) is -1.44. The van der Waals surface area contributed by atoms with E-state index in [0.29, 0.717) is 24.1 Å². The van der Waals surface area contributed by atoms with Gasteiger partial charge < -0.3 is 9.47 Å². The van der Waals surface area contributed by atoms with Crippen molar-refractivity contribution in [3.63, 3.8) is 0 Å². The molecule has 5 rings (SSSR count). The maximum Gasteiger partial charge on any atom is 0.443 e. The van der Waals surface area contributed by atoms with Gasteiger partial charge in [0.2, 0.25) is 0 Å². The van der Waals surface area contributed by atoms with E-state index in [9.17, 15) is 13.2 Å². The summed E-state index contributed by atoms with van der Waals surface area (Å²) in [5.74, 6) is -3.30. The van der Waals surface area contributed by atoms with Crippen LogP contribution in [0.15, 0.2) is 0 Å². The number of hydrogen-bond acceptors (Lipinski definition) is 4. The minimum Gasteiger partial charge on any atom is -0.341 e. The number of ether oxygens (including phenoxy) is 2. The Balaban J connectivity index is 1.82. The van der Waals surface area contributed by atoms with Crippen molar-refractivity contribution in [3.05, 3.63) is 0 Å². The second-order valence-corrected chi connectivity index (χ2v) is 9.87. The van der Waals surface area contributed by atoms with Gasteiger partial charge in [-0.2, -0.15) is 13.2 Å². The SMILES string of the molecule is C[C@@H]1CC[C@H]2[C@@H](C)[C@](OCCBr)(C(F)(F)F)O[C@@H]3C[C@@]4(C)CC[C@@H]1[C@]32OO4. The molecule has 0 radical (unpaired) electrons. The summed E-state index contributed by atoms with van der Waals surface area (Å²) in [6.45, 7) is 5.62. The second-order valence-electron chi connectivity index (χ2n) is 9.08. The minimum atomic E-state index is -4.62. The number of halogens is 4. The first-order valence-corrected chi connectivity index (χ1v) is 11.0. The van der Waals surface area contributed by atoms with Crippen LogP contribution in [-0.2, 0) is 19.2 Å². The second kappa shape index (κ2) is 6.56. The third-order valence-corrected chi connectivity index (χ3v) is 7.90. The number of hydrogen-bond donors (Lipinski definition) is 0. The normalized spacial score (nSPS) is 52.3. The van der Waals surface area contributed by atoms with E-state index < -0.39 is 35.2 Å². The molecule has 0 unspecified atom stereocenters. The maximum absolute atomic E-state index is 14.3. The maximum atomic E-state index is 14.3. The summed E-state index contributed by atoms with van der Waals surface area (Å²) in [4.78, 5) is 11.9. The fourth-order valence-corrected chi connectivity index (χ4v) is 6.40. The third kappa shape index (κ3) is 2.76.